The molecule has 17 heavy (non-hydrogen) atoms. The van der Waals surface area contributed by atoms with Gasteiger partial charge in [0.2, 0.25) is 0 Å². The zero-order valence-corrected chi connectivity index (χ0v) is 11.6. The molecule has 0 aromatic heterocycles. The summed E-state index contributed by atoms with van der Waals surface area (Å²) >= 11 is 0. The van der Waals surface area contributed by atoms with Gasteiger partial charge in [-0.1, -0.05) is 19.3 Å². The SMILES string of the molecule is CN(CCCN)CCCNCC1CCCCC1. The number of nitrogens with one attached hydrogen (secondary N) is 1. The first kappa shape index (κ1) is 14.9. The summed E-state index contributed by atoms with van der Waals surface area (Å²) in [5.74, 6) is 0.957. The highest BCUT2D eigenvalue weighted by atomic mass is 15.1. The highest BCUT2D eigenvalue weighted by molar-refractivity contribution is 4.68. The topological polar surface area (TPSA) is 41.3 Å². The molecule has 0 atom stereocenters. The highest BCUT2D eigenvalue weighted by Gasteiger charge is 2.12. The average Bonchev–Trinajstić information content (AvgIpc) is 2.37. The molecule has 1 aliphatic rings. The van der Waals surface area contributed by atoms with E-state index in [9.17, 15) is 0 Å². The fourth-order valence-corrected chi connectivity index (χ4v) is 2.64. The molecule has 102 valence electrons. The van der Waals surface area contributed by atoms with Crippen LogP contribution in [-0.4, -0.2) is 44.7 Å². The first-order valence-electron chi connectivity index (χ1n) is 7.42. The largest absolute Gasteiger partial charge is 0.330 e. The smallest absolute Gasteiger partial charge is 0.000968 e. The van der Waals surface area contributed by atoms with Crippen LogP contribution in [0.4, 0.5) is 0 Å². The molecule has 3 heteroatoms. The predicted molar refractivity (Wildman–Crippen MR) is 75.2 cm³/mol. The maximum Gasteiger partial charge on any atom is -0.000968 e. The van der Waals surface area contributed by atoms with Crippen LogP contribution in [0.15, 0.2) is 0 Å². The first-order valence-corrected chi connectivity index (χ1v) is 7.42. The normalized spacial score (nSPS) is 17.8. The van der Waals surface area contributed by atoms with Crippen LogP contribution >= 0.6 is 0 Å². The Balaban J connectivity index is 1.86. The Bertz CT molecular complexity index is 167. The molecule has 1 saturated carbocycles. The Labute approximate surface area is 107 Å². The quantitative estimate of drug-likeness (QED) is 0.605. The van der Waals surface area contributed by atoms with Crippen LogP contribution in [0.2, 0.25) is 0 Å². The fraction of sp³-hybridized carbons (Fsp3) is 1.00. The average molecular weight is 241 g/mol. The molecule has 1 aliphatic carbocycles. The maximum absolute atomic E-state index is 5.50. The van der Waals surface area contributed by atoms with Crippen molar-refractivity contribution < 1.29 is 0 Å². The summed E-state index contributed by atoms with van der Waals surface area (Å²) in [5, 5.41) is 3.62. The van der Waals surface area contributed by atoms with Gasteiger partial charge in [0.15, 0.2) is 0 Å². The first-order chi connectivity index (χ1) is 8.33. The van der Waals surface area contributed by atoms with Gasteiger partial charge in [0.1, 0.15) is 0 Å². The van der Waals surface area contributed by atoms with E-state index in [0.717, 1.165) is 25.4 Å². The van der Waals surface area contributed by atoms with Crippen LogP contribution in [0.1, 0.15) is 44.9 Å². The second-order valence-corrected chi connectivity index (χ2v) is 5.51. The van der Waals surface area contributed by atoms with Gasteiger partial charge < -0.3 is 16.0 Å². The summed E-state index contributed by atoms with van der Waals surface area (Å²) in [7, 11) is 2.19. The number of hydrogen-bond donors (Lipinski definition) is 2. The van der Waals surface area contributed by atoms with Crippen molar-refractivity contribution in [2.75, 3.05) is 39.8 Å². The monoisotopic (exact) mass is 241 g/mol. The Hall–Kier alpha value is -0.120. The van der Waals surface area contributed by atoms with Gasteiger partial charge in [-0.2, -0.15) is 0 Å². The second kappa shape index (κ2) is 9.86. The molecule has 3 N–H and O–H groups in total. The number of rotatable bonds is 9. The Morgan fingerprint density at radius 1 is 1.12 bits per heavy atom. The van der Waals surface area contributed by atoms with Crippen molar-refractivity contribution in [1.29, 1.82) is 0 Å². The van der Waals surface area contributed by atoms with Gasteiger partial charge in [-0.25, -0.2) is 0 Å². The fourth-order valence-electron chi connectivity index (χ4n) is 2.64. The van der Waals surface area contributed by atoms with E-state index >= 15 is 0 Å². The van der Waals surface area contributed by atoms with E-state index in [1.807, 2.05) is 0 Å². The molecular weight excluding hydrogens is 210 g/mol. The molecule has 0 spiro atoms. The standard InChI is InChI=1S/C14H31N3/c1-17(11-5-9-15)12-6-10-16-13-14-7-3-2-4-8-14/h14,16H,2-13,15H2,1H3. The van der Waals surface area contributed by atoms with Crippen molar-refractivity contribution in [2.24, 2.45) is 11.7 Å². The van der Waals surface area contributed by atoms with Crippen molar-refractivity contribution in [3.63, 3.8) is 0 Å². The Kier molecular flexibility index (Phi) is 8.67. The molecule has 1 rings (SSSR count). The predicted octanol–water partition coefficient (Wildman–Crippen LogP) is 1.83. The lowest BCUT2D eigenvalue weighted by molar-refractivity contribution is 0.313. The minimum absolute atomic E-state index is 0.810. The van der Waals surface area contributed by atoms with Crippen LogP contribution in [0, 0.1) is 5.92 Å². The second-order valence-electron chi connectivity index (χ2n) is 5.51. The number of nitrogens with two attached hydrogens (primary N) is 1. The molecule has 0 unspecified atom stereocenters. The van der Waals surface area contributed by atoms with Crippen molar-refractivity contribution in [3.8, 4) is 0 Å². The maximum atomic E-state index is 5.50. The lowest BCUT2D eigenvalue weighted by atomic mass is 9.89. The van der Waals surface area contributed by atoms with Crippen LogP contribution in [0.5, 0.6) is 0 Å². The van der Waals surface area contributed by atoms with Crippen LogP contribution in [0.25, 0.3) is 0 Å². The van der Waals surface area contributed by atoms with Gasteiger partial charge in [0.05, 0.1) is 0 Å². The Morgan fingerprint density at radius 2 is 1.82 bits per heavy atom. The van der Waals surface area contributed by atoms with Crippen LogP contribution in [-0.2, 0) is 0 Å². The summed E-state index contributed by atoms with van der Waals surface area (Å²) < 4.78 is 0. The molecule has 0 heterocycles. The highest BCUT2D eigenvalue weighted by Crippen LogP contribution is 2.22. The van der Waals surface area contributed by atoms with Gasteiger partial charge in [0, 0.05) is 0 Å². The van der Waals surface area contributed by atoms with Crippen LogP contribution in [0.3, 0.4) is 0 Å². The molecule has 0 saturated heterocycles. The number of hydrogen-bond acceptors (Lipinski definition) is 3. The van der Waals surface area contributed by atoms with Gasteiger partial charge in [-0.3, -0.25) is 0 Å². The zero-order chi connectivity index (χ0) is 12.3. The summed E-state index contributed by atoms with van der Waals surface area (Å²) in [6.45, 7) is 5.55. The lowest BCUT2D eigenvalue weighted by Gasteiger charge is -2.22. The van der Waals surface area contributed by atoms with Crippen molar-refractivity contribution in [3.05, 3.63) is 0 Å². The van der Waals surface area contributed by atoms with E-state index in [0.29, 0.717) is 0 Å². The molecular formula is C14H31N3. The molecule has 3 nitrogen and oxygen atoms in total. The molecule has 0 aromatic carbocycles. The van der Waals surface area contributed by atoms with Crippen molar-refractivity contribution >= 4 is 0 Å². The summed E-state index contributed by atoms with van der Waals surface area (Å²) in [5.41, 5.74) is 5.50. The third kappa shape index (κ3) is 7.74. The summed E-state index contributed by atoms with van der Waals surface area (Å²) in [6, 6.07) is 0. The summed E-state index contributed by atoms with van der Waals surface area (Å²) in [6.07, 6.45) is 9.64. The van der Waals surface area contributed by atoms with Gasteiger partial charge >= 0.3 is 0 Å². The van der Waals surface area contributed by atoms with Crippen molar-refractivity contribution in [2.45, 2.75) is 44.9 Å². The van der Waals surface area contributed by atoms with E-state index in [2.05, 4.69) is 17.3 Å². The third-order valence-electron chi connectivity index (χ3n) is 3.80. The third-order valence-corrected chi connectivity index (χ3v) is 3.80. The van der Waals surface area contributed by atoms with Gasteiger partial charge in [0.25, 0.3) is 0 Å². The summed E-state index contributed by atoms with van der Waals surface area (Å²) in [4.78, 5) is 2.38. The Morgan fingerprint density at radius 3 is 2.53 bits per heavy atom. The zero-order valence-electron chi connectivity index (χ0n) is 11.6. The molecule has 0 aromatic rings. The molecule has 0 radical (unpaired) electrons. The molecule has 0 bridgehead atoms. The van der Waals surface area contributed by atoms with E-state index < -0.39 is 0 Å². The lowest BCUT2D eigenvalue weighted by Crippen LogP contribution is -2.29. The van der Waals surface area contributed by atoms with E-state index in [4.69, 9.17) is 5.73 Å². The number of nitrogens with zero attached hydrogens (tertiary/aromatic N) is 1. The van der Waals surface area contributed by atoms with Gasteiger partial charge in [-0.05, 0) is 71.4 Å². The minimum Gasteiger partial charge on any atom is -0.330 e. The van der Waals surface area contributed by atoms with E-state index in [1.165, 1.54) is 58.2 Å². The van der Waals surface area contributed by atoms with Crippen LogP contribution < -0.4 is 11.1 Å². The molecule has 1 fully saturated rings. The molecule has 0 aliphatic heterocycles. The van der Waals surface area contributed by atoms with E-state index in [-0.39, 0.29) is 0 Å². The van der Waals surface area contributed by atoms with Crippen molar-refractivity contribution in [1.82, 2.24) is 10.2 Å². The minimum atomic E-state index is 0.810. The van der Waals surface area contributed by atoms with Gasteiger partial charge in [-0.15, -0.1) is 0 Å². The van der Waals surface area contributed by atoms with E-state index in [1.54, 1.807) is 0 Å². The molecule has 0 amide bonds.